The van der Waals surface area contributed by atoms with Gasteiger partial charge in [0.1, 0.15) is 23.3 Å². The fourth-order valence-electron chi connectivity index (χ4n) is 2.18. The highest BCUT2D eigenvalue weighted by atomic mass is 19.1. The van der Waals surface area contributed by atoms with Gasteiger partial charge in [-0.25, -0.2) is 9.18 Å². The Kier molecular flexibility index (Phi) is 8.16. The van der Waals surface area contributed by atoms with Crippen molar-refractivity contribution in [1.29, 1.82) is 0 Å². The van der Waals surface area contributed by atoms with Gasteiger partial charge in [-0.3, -0.25) is 0 Å². The van der Waals surface area contributed by atoms with Crippen LogP contribution >= 0.6 is 0 Å². The second-order valence-corrected chi connectivity index (χ2v) is 7.37. The standard InChI is InChI=1S/C19H30FNO4/c1-13(2)17(12-22)24-16-11-15(20)9-8-14(16)7-6-10-21-18(23)25-19(3,4)5/h8-9,11,13,17,22H,6-7,10,12H2,1-5H3,(H,21,23)/t17-/m0/s1. The number of hydrogen-bond donors (Lipinski definition) is 2. The number of aliphatic hydroxyl groups is 1. The summed E-state index contributed by atoms with van der Waals surface area (Å²) < 4.78 is 24.5. The summed E-state index contributed by atoms with van der Waals surface area (Å²) in [6.45, 7) is 9.60. The average Bonchev–Trinajstić information content (AvgIpc) is 2.48. The van der Waals surface area contributed by atoms with Crippen LogP contribution in [0.1, 0.15) is 46.6 Å². The predicted octanol–water partition coefficient (Wildman–Crippen LogP) is 3.68. The molecule has 25 heavy (non-hydrogen) atoms. The molecule has 1 amide bonds. The molecule has 0 aliphatic carbocycles. The molecule has 1 rings (SSSR count). The second-order valence-electron chi connectivity index (χ2n) is 7.37. The molecule has 0 fully saturated rings. The molecule has 1 aromatic carbocycles. The van der Waals surface area contributed by atoms with Crippen molar-refractivity contribution in [3.63, 3.8) is 0 Å². The lowest BCUT2D eigenvalue weighted by atomic mass is 10.1. The number of halogens is 1. The largest absolute Gasteiger partial charge is 0.487 e. The third kappa shape index (κ3) is 8.20. The zero-order valence-electron chi connectivity index (χ0n) is 15.8. The van der Waals surface area contributed by atoms with Gasteiger partial charge in [0.25, 0.3) is 0 Å². The number of alkyl carbamates (subject to hydrolysis) is 1. The predicted molar refractivity (Wildman–Crippen MR) is 95.3 cm³/mol. The number of carbonyl (C=O) groups is 1. The molecule has 0 radical (unpaired) electrons. The summed E-state index contributed by atoms with van der Waals surface area (Å²) in [7, 11) is 0. The normalized spacial score (nSPS) is 12.8. The van der Waals surface area contributed by atoms with Gasteiger partial charge in [-0.1, -0.05) is 19.9 Å². The SMILES string of the molecule is CC(C)[C@H](CO)Oc1cc(F)ccc1CCCNC(=O)OC(C)(C)C. The molecule has 0 aliphatic heterocycles. The Hall–Kier alpha value is -1.82. The third-order valence-electron chi connectivity index (χ3n) is 3.52. The minimum Gasteiger partial charge on any atom is -0.487 e. The van der Waals surface area contributed by atoms with Gasteiger partial charge in [-0.15, -0.1) is 0 Å². The fourth-order valence-corrected chi connectivity index (χ4v) is 2.18. The maximum Gasteiger partial charge on any atom is 0.407 e. The first kappa shape index (κ1) is 21.2. The molecule has 6 heteroatoms. The van der Waals surface area contributed by atoms with Crippen LogP contribution in [0.4, 0.5) is 9.18 Å². The molecular formula is C19H30FNO4. The molecule has 0 aliphatic rings. The molecule has 0 saturated carbocycles. The number of hydrogen-bond acceptors (Lipinski definition) is 4. The number of carbonyl (C=O) groups excluding carboxylic acids is 1. The summed E-state index contributed by atoms with van der Waals surface area (Å²) in [5.74, 6) is 0.158. The number of aryl methyl sites for hydroxylation is 1. The van der Waals surface area contributed by atoms with Crippen LogP contribution in [0.5, 0.6) is 5.75 Å². The Bertz CT molecular complexity index is 555. The van der Waals surface area contributed by atoms with Crippen LogP contribution in [0.25, 0.3) is 0 Å². The Morgan fingerprint density at radius 2 is 2.00 bits per heavy atom. The fraction of sp³-hybridized carbons (Fsp3) is 0.632. The molecule has 0 aromatic heterocycles. The highest BCUT2D eigenvalue weighted by molar-refractivity contribution is 5.67. The van der Waals surface area contributed by atoms with Crippen LogP contribution in [0.3, 0.4) is 0 Å². The molecule has 0 spiro atoms. The van der Waals surface area contributed by atoms with Gasteiger partial charge in [0.2, 0.25) is 0 Å². The number of amides is 1. The van der Waals surface area contributed by atoms with Crippen molar-refractivity contribution in [1.82, 2.24) is 5.32 Å². The maximum atomic E-state index is 13.5. The molecular weight excluding hydrogens is 325 g/mol. The van der Waals surface area contributed by atoms with E-state index in [0.717, 1.165) is 5.56 Å². The van der Waals surface area contributed by atoms with Crippen molar-refractivity contribution in [2.24, 2.45) is 5.92 Å². The monoisotopic (exact) mass is 355 g/mol. The van der Waals surface area contributed by atoms with Crippen molar-refractivity contribution < 1.29 is 23.8 Å². The molecule has 5 nitrogen and oxygen atoms in total. The summed E-state index contributed by atoms with van der Waals surface area (Å²) in [4.78, 5) is 11.6. The lowest BCUT2D eigenvalue weighted by Gasteiger charge is -2.22. The Labute approximate surface area is 149 Å². The van der Waals surface area contributed by atoms with Crippen LogP contribution in [0, 0.1) is 11.7 Å². The van der Waals surface area contributed by atoms with Gasteiger partial charge in [0.15, 0.2) is 0 Å². The Morgan fingerprint density at radius 3 is 2.56 bits per heavy atom. The van der Waals surface area contributed by atoms with Crippen LogP contribution < -0.4 is 10.1 Å². The van der Waals surface area contributed by atoms with Gasteiger partial charge in [0, 0.05) is 12.6 Å². The molecule has 0 saturated heterocycles. The van der Waals surface area contributed by atoms with Crippen molar-refractivity contribution in [2.45, 2.75) is 59.2 Å². The first-order valence-corrected chi connectivity index (χ1v) is 8.65. The summed E-state index contributed by atoms with van der Waals surface area (Å²) in [5.41, 5.74) is 0.310. The maximum absolute atomic E-state index is 13.5. The van der Waals surface area contributed by atoms with Gasteiger partial charge in [0.05, 0.1) is 6.61 Å². The van der Waals surface area contributed by atoms with Crippen LogP contribution in [-0.2, 0) is 11.2 Å². The molecule has 2 N–H and O–H groups in total. The first-order valence-electron chi connectivity index (χ1n) is 8.65. The second kappa shape index (κ2) is 9.61. The highest BCUT2D eigenvalue weighted by Gasteiger charge is 2.17. The van der Waals surface area contributed by atoms with Gasteiger partial charge in [-0.2, -0.15) is 0 Å². The lowest BCUT2D eigenvalue weighted by molar-refractivity contribution is 0.0527. The van der Waals surface area contributed by atoms with E-state index in [1.54, 1.807) is 26.8 Å². The quantitative estimate of drug-likeness (QED) is 0.698. The van der Waals surface area contributed by atoms with E-state index < -0.39 is 11.7 Å². The first-order chi connectivity index (χ1) is 11.6. The van der Waals surface area contributed by atoms with E-state index in [4.69, 9.17) is 9.47 Å². The van der Waals surface area contributed by atoms with Crippen LogP contribution in [0.2, 0.25) is 0 Å². The van der Waals surface area contributed by atoms with Crippen LogP contribution in [0.15, 0.2) is 18.2 Å². The number of rotatable bonds is 8. The van der Waals surface area contributed by atoms with Crippen molar-refractivity contribution in [3.8, 4) is 5.75 Å². The van der Waals surface area contributed by atoms with E-state index >= 15 is 0 Å². The summed E-state index contributed by atoms with van der Waals surface area (Å²) in [6, 6.07) is 4.39. The zero-order chi connectivity index (χ0) is 19.0. The molecule has 142 valence electrons. The van der Waals surface area contributed by atoms with Crippen molar-refractivity contribution in [2.75, 3.05) is 13.2 Å². The number of ether oxygens (including phenoxy) is 2. The van der Waals surface area contributed by atoms with Gasteiger partial charge >= 0.3 is 6.09 Å². The zero-order valence-corrected chi connectivity index (χ0v) is 15.8. The van der Waals surface area contributed by atoms with E-state index in [0.29, 0.717) is 25.1 Å². The average molecular weight is 355 g/mol. The number of nitrogens with one attached hydrogen (secondary N) is 1. The molecule has 0 unspecified atom stereocenters. The van der Waals surface area contributed by atoms with Gasteiger partial charge < -0.3 is 19.9 Å². The van der Waals surface area contributed by atoms with Crippen molar-refractivity contribution in [3.05, 3.63) is 29.6 Å². The summed E-state index contributed by atoms with van der Waals surface area (Å²) >= 11 is 0. The molecule has 0 heterocycles. The highest BCUT2D eigenvalue weighted by Crippen LogP contribution is 2.24. The van der Waals surface area contributed by atoms with Crippen LogP contribution in [-0.4, -0.2) is 36.1 Å². The minimum atomic E-state index is -0.530. The molecule has 1 aromatic rings. The van der Waals surface area contributed by atoms with E-state index in [2.05, 4.69) is 5.32 Å². The Morgan fingerprint density at radius 1 is 1.32 bits per heavy atom. The molecule has 0 bridgehead atoms. The number of benzene rings is 1. The van der Waals surface area contributed by atoms with E-state index in [1.165, 1.54) is 12.1 Å². The molecule has 1 atom stereocenters. The minimum absolute atomic E-state index is 0.106. The summed E-state index contributed by atoms with van der Waals surface area (Å²) in [6.07, 6.45) is 0.428. The topological polar surface area (TPSA) is 67.8 Å². The smallest absolute Gasteiger partial charge is 0.407 e. The summed E-state index contributed by atoms with van der Waals surface area (Å²) in [5, 5.41) is 12.1. The van der Waals surface area contributed by atoms with Gasteiger partial charge in [-0.05, 0) is 51.2 Å². The third-order valence-corrected chi connectivity index (χ3v) is 3.52. The van der Waals surface area contributed by atoms with Crippen molar-refractivity contribution >= 4 is 6.09 Å². The Balaban J connectivity index is 2.59. The van der Waals surface area contributed by atoms with E-state index in [-0.39, 0.29) is 24.4 Å². The lowest BCUT2D eigenvalue weighted by Crippen LogP contribution is -2.33. The van der Waals surface area contributed by atoms with E-state index in [1.807, 2.05) is 13.8 Å². The number of aliphatic hydroxyl groups excluding tert-OH is 1. The van der Waals surface area contributed by atoms with E-state index in [9.17, 15) is 14.3 Å².